The summed E-state index contributed by atoms with van der Waals surface area (Å²) in [7, 11) is 0. The fourth-order valence-corrected chi connectivity index (χ4v) is 3.03. The maximum absolute atomic E-state index is 11.8. The summed E-state index contributed by atoms with van der Waals surface area (Å²) in [6.45, 7) is 2.12. The highest BCUT2D eigenvalue weighted by atomic mass is 16.4. The molecule has 0 saturated carbocycles. The lowest BCUT2D eigenvalue weighted by Crippen LogP contribution is -2.19. The molecule has 0 saturated heterocycles. The van der Waals surface area contributed by atoms with Crippen LogP contribution in [0.2, 0.25) is 0 Å². The summed E-state index contributed by atoms with van der Waals surface area (Å²) >= 11 is 0. The maximum Gasteiger partial charge on any atom is 0.326 e. The van der Waals surface area contributed by atoms with E-state index in [1.165, 1.54) is 11.1 Å². The van der Waals surface area contributed by atoms with Gasteiger partial charge < -0.3 is 9.67 Å². The van der Waals surface area contributed by atoms with Gasteiger partial charge in [-0.3, -0.25) is 0 Å². The van der Waals surface area contributed by atoms with E-state index in [2.05, 4.69) is 19.1 Å². The summed E-state index contributed by atoms with van der Waals surface area (Å²) in [4.78, 5) is 11.8. The number of nitrogens with zero attached hydrogens (tertiary/aromatic N) is 1. The Labute approximate surface area is 136 Å². The lowest BCUT2D eigenvalue weighted by Gasteiger charge is -2.16. The van der Waals surface area contributed by atoms with Crippen molar-refractivity contribution in [3.05, 3.63) is 71.9 Å². The molecule has 0 amide bonds. The average molecular weight is 307 g/mol. The highest BCUT2D eigenvalue weighted by molar-refractivity contribution is 5.83. The molecule has 3 aromatic rings. The standard InChI is InChI=1S/C20H21NO2/c1-2-15-8-10-18-17(14-15)12-13-21(18)19(20(22)23)11-9-16-6-4-3-5-7-16/h3-8,10,12-14,19H,2,9,11H2,1H3,(H,22,23). The molecule has 1 unspecified atom stereocenters. The van der Waals surface area contributed by atoms with Gasteiger partial charge in [-0.25, -0.2) is 4.79 Å². The lowest BCUT2D eigenvalue weighted by atomic mass is 10.0. The van der Waals surface area contributed by atoms with Crippen LogP contribution >= 0.6 is 0 Å². The molecule has 2 aromatic carbocycles. The van der Waals surface area contributed by atoms with Crippen LogP contribution in [0.1, 0.15) is 30.5 Å². The molecule has 1 heterocycles. The monoisotopic (exact) mass is 307 g/mol. The predicted molar refractivity (Wildman–Crippen MR) is 92.8 cm³/mol. The van der Waals surface area contributed by atoms with Crippen molar-refractivity contribution in [3.63, 3.8) is 0 Å². The van der Waals surface area contributed by atoms with E-state index in [0.29, 0.717) is 6.42 Å². The van der Waals surface area contributed by atoms with Crippen molar-refractivity contribution in [2.45, 2.75) is 32.2 Å². The van der Waals surface area contributed by atoms with Crippen molar-refractivity contribution in [1.82, 2.24) is 4.57 Å². The van der Waals surface area contributed by atoms with Crippen LogP contribution in [0.5, 0.6) is 0 Å². The zero-order chi connectivity index (χ0) is 16.2. The Kier molecular flexibility index (Phi) is 4.47. The molecular formula is C20H21NO2. The van der Waals surface area contributed by atoms with Gasteiger partial charge in [-0.15, -0.1) is 0 Å². The molecule has 0 spiro atoms. The summed E-state index contributed by atoms with van der Waals surface area (Å²) < 4.78 is 1.89. The molecule has 0 aliphatic heterocycles. The Morgan fingerprint density at radius 1 is 1.09 bits per heavy atom. The Hall–Kier alpha value is -2.55. The first-order valence-corrected chi connectivity index (χ1v) is 8.05. The number of carboxylic acids is 1. The van der Waals surface area contributed by atoms with Crippen LogP contribution in [0.3, 0.4) is 0 Å². The van der Waals surface area contributed by atoms with Crippen molar-refractivity contribution in [1.29, 1.82) is 0 Å². The van der Waals surface area contributed by atoms with E-state index in [1.54, 1.807) is 0 Å². The van der Waals surface area contributed by atoms with Gasteiger partial charge in [-0.2, -0.15) is 0 Å². The number of carbonyl (C=O) groups is 1. The Bertz CT molecular complexity index is 805. The molecule has 3 rings (SSSR count). The second-order valence-corrected chi connectivity index (χ2v) is 5.85. The van der Waals surface area contributed by atoms with Crippen LogP contribution < -0.4 is 0 Å². The predicted octanol–water partition coefficient (Wildman–Crippen LogP) is 4.46. The second-order valence-electron chi connectivity index (χ2n) is 5.85. The van der Waals surface area contributed by atoms with Gasteiger partial charge in [-0.05, 0) is 54.0 Å². The Morgan fingerprint density at radius 3 is 2.57 bits per heavy atom. The summed E-state index contributed by atoms with van der Waals surface area (Å²) in [5.41, 5.74) is 3.43. The van der Waals surface area contributed by atoms with Gasteiger partial charge in [0.15, 0.2) is 0 Å². The van der Waals surface area contributed by atoms with E-state index in [4.69, 9.17) is 0 Å². The smallest absolute Gasteiger partial charge is 0.326 e. The number of aliphatic carboxylic acids is 1. The van der Waals surface area contributed by atoms with E-state index in [1.807, 2.05) is 53.2 Å². The van der Waals surface area contributed by atoms with Gasteiger partial charge in [0.05, 0.1) is 0 Å². The third-order valence-corrected chi connectivity index (χ3v) is 4.36. The molecule has 0 bridgehead atoms. The number of fused-ring (bicyclic) bond motifs is 1. The molecule has 1 N–H and O–H groups in total. The molecule has 3 nitrogen and oxygen atoms in total. The SMILES string of the molecule is CCc1ccc2c(ccn2C(CCc2ccccc2)C(=O)O)c1. The van der Waals surface area contributed by atoms with Crippen LogP contribution in [0.15, 0.2) is 60.8 Å². The molecule has 23 heavy (non-hydrogen) atoms. The minimum atomic E-state index is -0.780. The molecule has 1 aromatic heterocycles. The van der Waals surface area contributed by atoms with E-state index in [0.717, 1.165) is 23.7 Å². The molecule has 3 heteroatoms. The quantitative estimate of drug-likeness (QED) is 0.730. The van der Waals surface area contributed by atoms with Crippen molar-refractivity contribution >= 4 is 16.9 Å². The van der Waals surface area contributed by atoms with E-state index < -0.39 is 12.0 Å². The fraction of sp³-hybridized carbons (Fsp3) is 0.250. The number of rotatable bonds is 6. The largest absolute Gasteiger partial charge is 0.480 e. The number of aromatic nitrogens is 1. The van der Waals surface area contributed by atoms with E-state index in [9.17, 15) is 9.90 Å². The van der Waals surface area contributed by atoms with Crippen molar-refractivity contribution in [2.75, 3.05) is 0 Å². The molecule has 118 valence electrons. The first-order chi connectivity index (χ1) is 11.2. The summed E-state index contributed by atoms with van der Waals surface area (Å²) in [6, 6.07) is 17.8. The van der Waals surface area contributed by atoms with Gasteiger partial charge in [0, 0.05) is 11.7 Å². The summed E-state index contributed by atoms with van der Waals surface area (Å²) in [5, 5.41) is 10.8. The van der Waals surface area contributed by atoms with Gasteiger partial charge in [-0.1, -0.05) is 43.3 Å². The third kappa shape index (κ3) is 3.29. The first kappa shape index (κ1) is 15.3. The first-order valence-electron chi connectivity index (χ1n) is 8.05. The van der Waals surface area contributed by atoms with Crippen molar-refractivity contribution < 1.29 is 9.90 Å². The molecule has 0 aliphatic rings. The molecular weight excluding hydrogens is 286 g/mol. The second kappa shape index (κ2) is 6.69. The van der Waals surface area contributed by atoms with Gasteiger partial charge in [0.1, 0.15) is 6.04 Å². The molecule has 0 radical (unpaired) electrons. The molecule has 1 atom stereocenters. The van der Waals surface area contributed by atoms with Crippen molar-refractivity contribution in [3.8, 4) is 0 Å². The van der Waals surface area contributed by atoms with Crippen LogP contribution in [0.4, 0.5) is 0 Å². The van der Waals surface area contributed by atoms with Crippen molar-refractivity contribution in [2.24, 2.45) is 0 Å². The highest BCUT2D eigenvalue weighted by Gasteiger charge is 2.20. The van der Waals surface area contributed by atoms with Gasteiger partial charge in [0.2, 0.25) is 0 Å². The van der Waals surface area contributed by atoms with Crippen LogP contribution in [-0.2, 0) is 17.6 Å². The zero-order valence-corrected chi connectivity index (χ0v) is 13.3. The number of carboxylic acid groups (broad SMARTS) is 1. The zero-order valence-electron chi connectivity index (χ0n) is 13.3. The van der Waals surface area contributed by atoms with Crippen LogP contribution in [0, 0.1) is 0 Å². The highest BCUT2D eigenvalue weighted by Crippen LogP contribution is 2.25. The average Bonchev–Trinajstić information content (AvgIpc) is 2.98. The summed E-state index contributed by atoms with van der Waals surface area (Å²) in [5.74, 6) is -0.780. The van der Waals surface area contributed by atoms with E-state index >= 15 is 0 Å². The maximum atomic E-state index is 11.8. The lowest BCUT2D eigenvalue weighted by molar-refractivity contribution is -0.141. The van der Waals surface area contributed by atoms with Gasteiger partial charge >= 0.3 is 5.97 Å². The number of aryl methyl sites for hydroxylation is 2. The Balaban J connectivity index is 1.88. The van der Waals surface area contributed by atoms with Crippen LogP contribution in [-0.4, -0.2) is 15.6 Å². The van der Waals surface area contributed by atoms with E-state index in [-0.39, 0.29) is 0 Å². The van der Waals surface area contributed by atoms with Gasteiger partial charge in [0.25, 0.3) is 0 Å². The minimum Gasteiger partial charge on any atom is -0.480 e. The number of benzene rings is 2. The number of hydrogen-bond donors (Lipinski definition) is 1. The normalized spacial score (nSPS) is 12.4. The topological polar surface area (TPSA) is 42.2 Å². The fourth-order valence-electron chi connectivity index (χ4n) is 3.03. The van der Waals surface area contributed by atoms with Crippen LogP contribution in [0.25, 0.3) is 10.9 Å². The molecule has 0 fully saturated rings. The minimum absolute atomic E-state index is 0.541. The molecule has 0 aliphatic carbocycles. The summed E-state index contributed by atoms with van der Waals surface area (Å²) in [6.07, 6.45) is 4.22. The third-order valence-electron chi connectivity index (χ3n) is 4.36. The number of hydrogen-bond acceptors (Lipinski definition) is 1. The Morgan fingerprint density at radius 2 is 1.87 bits per heavy atom.